The number of hydrogen-bond acceptors (Lipinski definition) is 4. The summed E-state index contributed by atoms with van der Waals surface area (Å²) in [5.74, 6) is 0.233. The second-order valence-electron chi connectivity index (χ2n) is 6.75. The van der Waals surface area contributed by atoms with E-state index >= 15 is 0 Å². The molecule has 0 N–H and O–H groups in total. The van der Waals surface area contributed by atoms with Crippen LogP contribution in [-0.4, -0.2) is 43.5 Å². The third-order valence-corrected chi connectivity index (χ3v) is 4.60. The number of methoxy groups -OCH3 is 1. The second-order valence-corrected chi connectivity index (χ2v) is 6.75. The molecule has 0 saturated carbocycles. The topological polar surface area (TPSA) is 48.0 Å². The Kier molecular flexibility index (Phi) is 6.64. The highest BCUT2D eigenvalue weighted by Crippen LogP contribution is 2.24. The highest BCUT2D eigenvalue weighted by molar-refractivity contribution is 5.94. The number of amides is 1. The van der Waals surface area contributed by atoms with Gasteiger partial charge < -0.3 is 19.1 Å². The number of likely N-dealkylation sites (tertiary alicyclic amines) is 1. The minimum Gasteiger partial charge on any atom is -0.497 e. The van der Waals surface area contributed by atoms with Crippen LogP contribution in [0.5, 0.6) is 11.5 Å². The van der Waals surface area contributed by atoms with Gasteiger partial charge in [-0.3, -0.25) is 4.79 Å². The molecule has 1 atom stereocenters. The number of ether oxygens (including phenoxy) is 3. The van der Waals surface area contributed by atoms with Crippen molar-refractivity contribution < 1.29 is 32.2 Å². The van der Waals surface area contributed by atoms with E-state index in [-0.39, 0.29) is 24.4 Å². The smallest absolute Gasteiger partial charge is 0.497 e. The van der Waals surface area contributed by atoms with Gasteiger partial charge in [-0.15, -0.1) is 13.2 Å². The van der Waals surface area contributed by atoms with E-state index in [9.17, 15) is 18.0 Å². The maximum Gasteiger partial charge on any atom is 0.573 e. The number of benzene rings is 2. The predicted octanol–water partition coefficient (Wildman–Crippen LogP) is 4.42. The van der Waals surface area contributed by atoms with Gasteiger partial charge in [-0.25, -0.2) is 0 Å². The summed E-state index contributed by atoms with van der Waals surface area (Å²) in [6.07, 6.45) is -3.35. The minimum atomic E-state index is -4.73. The lowest BCUT2D eigenvalue weighted by Gasteiger charge is -2.33. The summed E-state index contributed by atoms with van der Waals surface area (Å²) in [5.41, 5.74) is 1.12. The molecule has 5 nitrogen and oxygen atoms in total. The standard InChI is InChI=1S/C21H22F3NO4/c1-27-17-7-3-6-16(12-17)20(26)25-10-4-9-19(13-25)28-14-15-5-2-8-18(11-15)29-21(22,23)24/h2-3,5-8,11-12,19H,4,9-10,13-14H2,1H3. The zero-order valence-corrected chi connectivity index (χ0v) is 15.9. The van der Waals surface area contributed by atoms with E-state index in [1.807, 2.05) is 0 Å². The molecular formula is C21H22F3NO4. The van der Waals surface area contributed by atoms with Crippen LogP contribution in [0, 0.1) is 0 Å². The van der Waals surface area contributed by atoms with Gasteiger partial charge in [0.25, 0.3) is 5.91 Å². The van der Waals surface area contributed by atoms with E-state index < -0.39 is 6.36 Å². The van der Waals surface area contributed by atoms with Crippen LogP contribution >= 0.6 is 0 Å². The van der Waals surface area contributed by atoms with Crippen molar-refractivity contribution >= 4 is 5.91 Å². The van der Waals surface area contributed by atoms with Gasteiger partial charge in [0.05, 0.1) is 19.8 Å². The Hall–Kier alpha value is -2.74. The van der Waals surface area contributed by atoms with Crippen LogP contribution in [0.3, 0.4) is 0 Å². The SMILES string of the molecule is COc1cccc(C(=O)N2CCCC(OCc3cccc(OC(F)(F)F)c3)C2)c1. The molecule has 0 radical (unpaired) electrons. The van der Waals surface area contributed by atoms with Crippen LogP contribution < -0.4 is 9.47 Å². The largest absolute Gasteiger partial charge is 0.573 e. The molecular weight excluding hydrogens is 387 g/mol. The fraction of sp³-hybridized carbons (Fsp3) is 0.381. The van der Waals surface area contributed by atoms with Crippen LogP contribution in [0.25, 0.3) is 0 Å². The summed E-state index contributed by atoms with van der Waals surface area (Å²) in [7, 11) is 1.54. The first-order valence-electron chi connectivity index (χ1n) is 9.23. The van der Waals surface area contributed by atoms with Crippen molar-refractivity contribution in [2.45, 2.75) is 31.9 Å². The van der Waals surface area contributed by atoms with Crippen molar-refractivity contribution in [3.8, 4) is 11.5 Å². The van der Waals surface area contributed by atoms with Crippen LogP contribution in [0.2, 0.25) is 0 Å². The third kappa shape index (κ3) is 6.12. The monoisotopic (exact) mass is 409 g/mol. The molecule has 1 amide bonds. The molecule has 0 bridgehead atoms. The molecule has 0 aliphatic carbocycles. The first-order valence-corrected chi connectivity index (χ1v) is 9.23. The fourth-order valence-corrected chi connectivity index (χ4v) is 3.24. The summed E-state index contributed by atoms with van der Waals surface area (Å²) in [4.78, 5) is 14.5. The third-order valence-electron chi connectivity index (χ3n) is 4.60. The first kappa shape index (κ1) is 21.0. The molecule has 2 aromatic carbocycles. The maximum atomic E-state index is 12.8. The van der Waals surface area contributed by atoms with E-state index in [0.717, 1.165) is 12.8 Å². The highest BCUT2D eigenvalue weighted by Gasteiger charge is 2.31. The lowest BCUT2D eigenvalue weighted by molar-refractivity contribution is -0.274. The molecule has 1 aliphatic rings. The Bertz CT molecular complexity index is 841. The number of carbonyl (C=O) groups excluding carboxylic acids is 1. The number of nitrogens with zero attached hydrogens (tertiary/aromatic N) is 1. The summed E-state index contributed by atoms with van der Waals surface area (Å²) in [6.45, 7) is 1.19. The Morgan fingerprint density at radius 1 is 1.14 bits per heavy atom. The molecule has 1 fully saturated rings. The summed E-state index contributed by atoms with van der Waals surface area (Å²) in [5, 5.41) is 0. The predicted molar refractivity (Wildman–Crippen MR) is 99.8 cm³/mol. The van der Waals surface area contributed by atoms with E-state index in [4.69, 9.17) is 9.47 Å². The Labute approximate surface area is 167 Å². The van der Waals surface area contributed by atoms with Crippen LogP contribution in [-0.2, 0) is 11.3 Å². The van der Waals surface area contributed by atoms with Gasteiger partial charge in [-0.05, 0) is 48.7 Å². The summed E-state index contributed by atoms with van der Waals surface area (Å²) >= 11 is 0. The average molecular weight is 409 g/mol. The molecule has 156 valence electrons. The van der Waals surface area contributed by atoms with Crippen LogP contribution in [0.1, 0.15) is 28.8 Å². The van der Waals surface area contributed by atoms with Crippen LogP contribution in [0.15, 0.2) is 48.5 Å². The lowest BCUT2D eigenvalue weighted by atomic mass is 10.1. The van der Waals surface area contributed by atoms with E-state index in [2.05, 4.69) is 4.74 Å². The number of halogens is 3. The van der Waals surface area contributed by atoms with Crippen molar-refractivity contribution in [3.05, 3.63) is 59.7 Å². The number of alkyl halides is 3. The normalized spacial score (nSPS) is 17.1. The maximum absolute atomic E-state index is 12.8. The molecule has 1 heterocycles. The number of rotatable bonds is 6. The highest BCUT2D eigenvalue weighted by atomic mass is 19.4. The van der Waals surface area contributed by atoms with Gasteiger partial charge in [0, 0.05) is 18.7 Å². The molecule has 2 aromatic rings. The van der Waals surface area contributed by atoms with Crippen molar-refractivity contribution in [2.24, 2.45) is 0 Å². The molecule has 0 spiro atoms. The van der Waals surface area contributed by atoms with Gasteiger partial charge in [-0.2, -0.15) is 0 Å². The van der Waals surface area contributed by atoms with Crippen molar-refractivity contribution in [1.82, 2.24) is 4.90 Å². The molecule has 1 aliphatic heterocycles. The Morgan fingerprint density at radius 2 is 1.90 bits per heavy atom. The molecule has 1 saturated heterocycles. The first-order chi connectivity index (χ1) is 13.8. The van der Waals surface area contributed by atoms with Gasteiger partial charge in [-0.1, -0.05) is 18.2 Å². The van der Waals surface area contributed by atoms with Gasteiger partial charge in [0.15, 0.2) is 0 Å². The van der Waals surface area contributed by atoms with Gasteiger partial charge in [0.2, 0.25) is 0 Å². The molecule has 29 heavy (non-hydrogen) atoms. The number of piperidine rings is 1. The Morgan fingerprint density at radius 3 is 2.66 bits per heavy atom. The van der Waals surface area contributed by atoms with Crippen molar-refractivity contribution in [2.75, 3.05) is 20.2 Å². The van der Waals surface area contributed by atoms with Gasteiger partial charge >= 0.3 is 6.36 Å². The van der Waals surface area contributed by atoms with E-state index in [0.29, 0.717) is 30.0 Å². The zero-order valence-electron chi connectivity index (χ0n) is 15.9. The second kappa shape index (κ2) is 9.17. The van der Waals surface area contributed by atoms with E-state index in [1.54, 1.807) is 42.3 Å². The fourth-order valence-electron chi connectivity index (χ4n) is 3.24. The Balaban J connectivity index is 1.57. The minimum absolute atomic E-state index is 0.0993. The average Bonchev–Trinajstić information content (AvgIpc) is 2.71. The molecule has 1 unspecified atom stereocenters. The van der Waals surface area contributed by atoms with Crippen LogP contribution in [0.4, 0.5) is 13.2 Å². The summed E-state index contributed by atoms with van der Waals surface area (Å²) < 4.78 is 52.0. The summed E-state index contributed by atoms with van der Waals surface area (Å²) in [6, 6.07) is 12.7. The molecule has 3 rings (SSSR count). The molecule has 8 heteroatoms. The quantitative estimate of drug-likeness (QED) is 0.709. The van der Waals surface area contributed by atoms with Crippen molar-refractivity contribution in [3.63, 3.8) is 0 Å². The van der Waals surface area contributed by atoms with Crippen molar-refractivity contribution in [1.29, 1.82) is 0 Å². The lowest BCUT2D eigenvalue weighted by Crippen LogP contribution is -2.43. The zero-order chi connectivity index (χ0) is 20.9. The number of hydrogen-bond donors (Lipinski definition) is 0. The molecule has 0 aromatic heterocycles. The van der Waals surface area contributed by atoms with E-state index in [1.165, 1.54) is 18.2 Å². The number of carbonyl (C=O) groups is 1. The van der Waals surface area contributed by atoms with Gasteiger partial charge in [0.1, 0.15) is 11.5 Å².